The Morgan fingerprint density at radius 2 is 1.09 bits per heavy atom. The third-order valence-electron chi connectivity index (χ3n) is 8.61. The van der Waals surface area contributed by atoms with Crippen LogP contribution >= 0.6 is 0 Å². The molecule has 0 bridgehead atoms. The zero-order chi connectivity index (χ0) is 29.3. The van der Waals surface area contributed by atoms with Gasteiger partial charge in [0.05, 0.1) is 12.1 Å². The van der Waals surface area contributed by atoms with E-state index in [2.05, 4.69) is 127 Å². The van der Waals surface area contributed by atoms with Crippen LogP contribution < -0.4 is 0 Å². The topological polar surface area (TPSA) is 43.2 Å². The van der Waals surface area contributed by atoms with Gasteiger partial charge in [-0.3, -0.25) is 0 Å². The molecule has 2 heterocycles. The van der Waals surface area contributed by atoms with E-state index >= 15 is 0 Å². The molecule has 0 saturated heterocycles. The van der Waals surface area contributed by atoms with E-state index in [1.165, 1.54) is 27.3 Å². The Hall–Kier alpha value is -5.22. The largest absolute Gasteiger partial charge is 0.475 e. The first-order valence-corrected chi connectivity index (χ1v) is 15.3. The molecule has 214 valence electrons. The molecule has 0 N–H and O–H groups in total. The molecule has 6 aromatic rings. The van der Waals surface area contributed by atoms with Crippen molar-refractivity contribution in [1.82, 2.24) is 0 Å². The maximum Gasteiger partial charge on any atom is 0.217 e. The van der Waals surface area contributed by atoms with Crippen molar-refractivity contribution >= 4 is 33.3 Å². The van der Waals surface area contributed by atoms with Crippen LogP contribution in [-0.4, -0.2) is 37.1 Å². The Balaban J connectivity index is 1.21. The van der Waals surface area contributed by atoms with Crippen molar-refractivity contribution in [1.29, 1.82) is 0 Å². The third-order valence-corrected chi connectivity index (χ3v) is 8.61. The van der Waals surface area contributed by atoms with E-state index in [9.17, 15) is 0 Å². The standard InChI is InChI=1S/C40H32N2O2/c1-3-10-27(11-4-1)22-32-25-43-39(41-32)31-19-18-30-15-9-17-35(37(30)24-31)38-34-16-8-7-14-29(34)20-21-36(38)40-42-33(26-44-40)23-28-12-5-2-6-13-28/h1-21,24,32-33H,22-23,25-26H2/t32-,33-/m0/s1. The van der Waals surface area contributed by atoms with Crippen LogP contribution in [0.15, 0.2) is 143 Å². The molecular weight excluding hydrogens is 540 g/mol. The van der Waals surface area contributed by atoms with Crippen LogP contribution in [0.4, 0.5) is 0 Å². The lowest BCUT2D eigenvalue weighted by molar-refractivity contribution is 0.317. The molecule has 8 rings (SSSR count). The van der Waals surface area contributed by atoms with Gasteiger partial charge in [-0.1, -0.05) is 115 Å². The Morgan fingerprint density at radius 1 is 0.500 bits per heavy atom. The maximum absolute atomic E-state index is 6.32. The lowest BCUT2D eigenvalue weighted by atomic mass is 9.89. The molecular formula is C40H32N2O2. The van der Waals surface area contributed by atoms with E-state index in [0.29, 0.717) is 25.0 Å². The van der Waals surface area contributed by atoms with E-state index in [1.807, 2.05) is 6.07 Å². The Labute approximate surface area is 257 Å². The first-order valence-electron chi connectivity index (χ1n) is 15.3. The minimum Gasteiger partial charge on any atom is -0.475 e. The summed E-state index contributed by atoms with van der Waals surface area (Å²) in [6.45, 7) is 1.18. The van der Waals surface area contributed by atoms with Crippen molar-refractivity contribution in [2.45, 2.75) is 24.9 Å². The van der Waals surface area contributed by atoms with Crippen molar-refractivity contribution in [3.8, 4) is 11.1 Å². The van der Waals surface area contributed by atoms with E-state index in [1.54, 1.807) is 0 Å². The highest BCUT2D eigenvalue weighted by molar-refractivity contribution is 6.15. The summed E-state index contributed by atoms with van der Waals surface area (Å²) < 4.78 is 12.5. The lowest BCUT2D eigenvalue weighted by Gasteiger charge is -2.16. The van der Waals surface area contributed by atoms with Crippen LogP contribution in [0.1, 0.15) is 22.3 Å². The highest BCUT2D eigenvalue weighted by Crippen LogP contribution is 2.38. The van der Waals surface area contributed by atoms with Gasteiger partial charge >= 0.3 is 0 Å². The summed E-state index contributed by atoms with van der Waals surface area (Å²) in [5, 5.41) is 4.69. The summed E-state index contributed by atoms with van der Waals surface area (Å²) in [7, 11) is 0. The Bertz CT molecular complexity index is 2030. The fraction of sp³-hybridized carbons (Fsp3) is 0.150. The second-order valence-corrected chi connectivity index (χ2v) is 11.6. The summed E-state index contributed by atoms with van der Waals surface area (Å²) in [5.41, 5.74) is 6.86. The molecule has 4 nitrogen and oxygen atoms in total. The molecule has 4 heteroatoms. The maximum atomic E-state index is 6.32. The van der Waals surface area contributed by atoms with E-state index in [0.717, 1.165) is 40.5 Å². The number of ether oxygens (including phenoxy) is 2. The third kappa shape index (κ3) is 5.13. The summed E-state index contributed by atoms with van der Waals surface area (Å²) in [6.07, 6.45) is 1.73. The highest BCUT2D eigenvalue weighted by atomic mass is 16.5. The summed E-state index contributed by atoms with van der Waals surface area (Å²) in [6, 6.07) is 47.2. The fourth-order valence-electron chi connectivity index (χ4n) is 6.48. The average Bonchev–Trinajstić information content (AvgIpc) is 3.75. The highest BCUT2D eigenvalue weighted by Gasteiger charge is 2.25. The van der Waals surface area contributed by atoms with Crippen LogP contribution in [0.5, 0.6) is 0 Å². The molecule has 0 spiro atoms. The molecule has 0 unspecified atom stereocenters. The minimum atomic E-state index is 0.0900. The molecule has 0 radical (unpaired) electrons. The number of aliphatic imine (C=N–C) groups is 2. The van der Waals surface area contributed by atoms with Gasteiger partial charge in [0.1, 0.15) is 13.2 Å². The van der Waals surface area contributed by atoms with Crippen LogP contribution in [0.25, 0.3) is 32.7 Å². The van der Waals surface area contributed by atoms with Gasteiger partial charge in [-0.2, -0.15) is 0 Å². The van der Waals surface area contributed by atoms with Gasteiger partial charge in [0.25, 0.3) is 0 Å². The Kier molecular flexibility index (Phi) is 6.88. The molecule has 2 atom stereocenters. The molecule has 2 aliphatic rings. The van der Waals surface area contributed by atoms with Gasteiger partial charge in [0, 0.05) is 16.7 Å². The minimum absolute atomic E-state index is 0.0900. The predicted octanol–water partition coefficient (Wildman–Crippen LogP) is 8.44. The van der Waals surface area contributed by atoms with E-state index in [4.69, 9.17) is 19.5 Å². The van der Waals surface area contributed by atoms with E-state index < -0.39 is 0 Å². The number of fused-ring (bicyclic) bond motifs is 2. The summed E-state index contributed by atoms with van der Waals surface area (Å²) >= 11 is 0. The number of nitrogens with zero attached hydrogens (tertiary/aromatic N) is 2. The van der Waals surface area contributed by atoms with Crippen molar-refractivity contribution in [2.75, 3.05) is 13.2 Å². The molecule has 0 aliphatic carbocycles. The van der Waals surface area contributed by atoms with Gasteiger partial charge in [0.15, 0.2) is 0 Å². The Morgan fingerprint density at radius 3 is 1.84 bits per heavy atom. The van der Waals surface area contributed by atoms with Crippen molar-refractivity contribution in [3.63, 3.8) is 0 Å². The average molecular weight is 573 g/mol. The fourth-order valence-corrected chi connectivity index (χ4v) is 6.48. The normalized spacial score (nSPS) is 17.7. The lowest BCUT2D eigenvalue weighted by Crippen LogP contribution is -2.09. The molecule has 2 aliphatic heterocycles. The molecule has 0 fully saturated rings. The SMILES string of the molecule is c1ccc(C[C@H]2COC(c3ccc4cccc(-c5c(C6=N[C@@H](Cc7ccccc7)CO6)ccc6ccccc56)c4c3)=N2)cc1. The first-order chi connectivity index (χ1) is 21.8. The van der Waals surface area contributed by atoms with Gasteiger partial charge in [0.2, 0.25) is 11.8 Å². The zero-order valence-corrected chi connectivity index (χ0v) is 24.4. The smallest absolute Gasteiger partial charge is 0.217 e. The monoisotopic (exact) mass is 572 g/mol. The van der Waals surface area contributed by atoms with Crippen LogP contribution in [0, 0.1) is 0 Å². The molecule has 6 aromatic carbocycles. The van der Waals surface area contributed by atoms with Crippen LogP contribution in [-0.2, 0) is 22.3 Å². The number of hydrogen-bond acceptors (Lipinski definition) is 4. The number of rotatable bonds is 7. The second-order valence-electron chi connectivity index (χ2n) is 11.6. The zero-order valence-electron chi connectivity index (χ0n) is 24.4. The van der Waals surface area contributed by atoms with Gasteiger partial charge in [-0.05, 0) is 69.3 Å². The van der Waals surface area contributed by atoms with Crippen molar-refractivity contribution < 1.29 is 9.47 Å². The van der Waals surface area contributed by atoms with Crippen LogP contribution in [0.3, 0.4) is 0 Å². The molecule has 0 amide bonds. The summed E-state index contributed by atoms with van der Waals surface area (Å²) in [5.74, 6) is 1.43. The van der Waals surface area contributed by atoms with Crippen LogP contribution in [0.2, 0.25) is 0 Å². The first kappa shape index (κ1) is 26.4. The molecule has 0 aromatic heterocycles. The van der Waals surface area contributed by atoms with Crippen molar-refractivity contribution in [3.05, 3.63) is 156 Å². The van der Waals surface area contributed by atoms with Gasteiger partial charge in [-0.25, -0.2) is 9.98 Å². The second kappa shape index (κ2) is 11.5. The summed E-state index contributed by atoms with van der Waals surface area (Å²) in [4.78, 5) is 10.1. The van der Waals surface area contributed by atoms with Gasteiger partial charge < -0.3 is 9.47 Å². The molecule has 44 heavy (non-hydrogen) atoms. The number of benzene rings is 6. The van der Waals surface area contributed by atoms with Gasteiger partial charge in [-0.15, -0.1) is 0 Å². The predicted molar refractivity (Wildman–Crippen MR) is 180 cm³/mol. The van der Waals surface area contributed by atoms with E-state index in [-0.39, 0.29) is 12.1 Å². The quantitative estimate of drug-likeness (QED) is 0.193. The van der Waals surface area contributed by atoms with Crippen molar-refractivity contribution in [2.24, 2.45) is 9.98 Å². The number of hydrogen-bond donors (Lipinski definition) is 0. The molecule has 0 saturated carbocycles.